The Kier molecular flexibility index (Phi) is 6.02. The van der Waals surface area contributed by atoms with Gasteiger partial charge in [0.15, 0.2) is 0 Å². The van der Waals surface area contributed by atoms with Crippen LogP contribution in [0.5, 0.6) is 0 Å². The van der Waals surface area contributed by atoms with Crippen molar-refractivity contribution in [3.63, 3.8) is 0 Å². The zero-order valence-corrected chi connectivity index (χ0v) is 12.3. The standard InChI is InChI=1S/C14H25N3O2/c1-5-12(4)17-9-6-13(15-17)10-16(11(2)3)8-7-14(18)19/h6,9,11-12H,5,7-8,10H2,1-4H3,(H,18,19). The summed E-state index contributed by atoms with van der Waals surface area (Å²) in [5, 5.41) is 13.3. The number of carbonyl (C=O) groups is 1. The lowest BCUT2D eigenvalue weighted by molar-refractivity contribution is -0.137. The number of hydrogen-bond donors (Lipinski definition) is 1. The largest absolute Gasteiger partial charge is 0.481 e. The van der Waals surface area contributed by atoms with E-state index in [9.17, 15) is 4.79 Å². The van der Waals surface area contributed by atoms with Gasteiger partial charge in [-0.25, -0.2) is 0 Å². The van der Waals surface area contributed by atoms with E-state index in [1.807, 2.05) is 16.9 Å². The van der Waals surface area contributed by atoms with Crippen molar-refractivity contribution < 1.29 is 9.90 Å². The van der Waals surface area contributed by atoms with Gasteiger partial charge in [-0.3, -0.25) is 14.4 Å². The smallest absolute Gasteiger partial charge is 0.304 e. The van der Waals surface area contributed by atoms with Crippen LogP contribution in [0.15, 0.2) is 12.3 Å². The quantitative estimate of drug-likeness (QED) is 0.786. The maximum Gasteiger partial charge on any atom is 0.304 e. The number of carboxylic acid groups (broad SMARTS) is 1. The Bertz CT molecular complexity index is 401. The van der Waals surface area contributed by atoms with E-state index < -0.39 is 5.97 Å². The number of aromatic nitrogens is 2. The van der Waals surface area contributed by atoms with E-state index in [4.69, 9.17) is 5.11 Å². The molecule has 1 unspecified atom stereocenters. The molecule has 0 saturated heterocycles. The molecule has 1 heterocycles. The maximum absolute atomic E-state index is 10.7. The number of aliphatic carboxylic acids is 1. The second-order valence-electron chi connectivity index (χ2n) is 5.25. The zero-order valence-electron chi connectivity index (χ0n) is 12.3. The predicted molar refractivity (Wildman–Crippen MR) is 75.0 cm³/mol. The molecule has 0 saturated carbocycles. The first-order valence-corrected chi connectivity index (χ1v) is 6.93. The van der Waals surface area contributed by atoms with Gasteiger partial charge in [-0.2, -0.15) is 5.10 Å². The molecule has 1 N–H and O–H groups in total. The minimum atomic E-state index is -0.754. The molecule has 1 atom stereocenters. The van der Waals surface area contributed by atoms with Gasteiger partial charge in [-0.05, 0) is 33.3 Å². The van der Waals surface area contributed by atoms with Crippen LogP contribution in [0, 0.1) is 0 Å². The molecule has 0 aromatic carbocycles. The van der Waals surface area contributed by atoms with E-state index in [0.29, 0.717) is 25.2 Å². The van der Waals surface area contributed by atoms with Crippen LogP contribution in [0.4, 0.5) is 0 Å². The third-order valence-electron chi connectivity index (χ3n) is 3.41. The molecule has 19 heavy (non-hydrogen) atoms. The summed E-state index contributed by atoms with van der Waals surface area (Å²) in [6.45, 7) is 9.69. The summed E-state index contributed by atoms with van der Waals surface area (Å²) in [7, 11) is 0. The molecule has 0 aliphatic rings. The third-order valence-corrected chi connectivity index (χ3v) is 3.41. The Morgan fingerprint density at radius 1 is 1.47 bits per heavy atom. The first-order chi connectivity index (χ1) is 8.93. The molecule has 5 nitrogen and oxygen atoms in total. The van der Waals surface area contributed by atoms with E-state index in [-0.39, 0.29) is 6.42 Å². The monoisotopic (exact) mass is 267 g/mol. The molecule has 0 aliphatic heterocycles. The summed E-state index contributed by atoms with van der Waals surface area (Å²) >= 11 is 0. The van der Waals surface area contributed by atoms with Gasteiger partial charge in [-0.15, -0.1) is 0 Å². The number of nitrogens with zero attached hydrogens (tertiary/aromatic N) is 3. The number of carboxylic acids is 1. The highest BCUT2D eigenvalue weighted by atomic mass is 16.4. The SMILES string of the molecule is CCC(C)n1ccc(CN(CCC(=O)O)C(C)C)n1. The second-order valence-corrected chi connectivity index (χ2v) is 5.25. The van der Waals surface area contributed by atoms with Gasteiger partial charge in [0.1, 0.15) is 0 Å². The van der Waals surface area contributed by atoms with Gasteiger partial charge >= 0.3 is 5.97 Å². The Hall–Kier alpha value is -1.36. The summed E-state index contributed by atoms with van der Waals surface area (Å²) in [4.78, 5) is 12.8. The van der Waals surface area contributed by atoms with E-state index in [1.165, 1.54) is 0 Å². The molecule has 0 bridgehead atoms. The normalized spacial score (nSPS) is 13.2. The fourth-order valence-electron chi connectivity index (χ4n) is 1.86. The molecule has 0 fully saturated rings. The summed E-state index contributed by atoms with van der Waals surface area (Å²) in [6.07, 6.45) is 3.22. The highest BCUT2D eigenvalue weighted by molar-refractivity contribution is 5.66. The first kappa shape index (κ1) is 15.7. The van der Waals surface area contributed by atoms with Gasteiger partial charge in [0, 0.05) is 31.4 Å². The van der Waals surface area contributed by atoms with Gasteiger partial charge in [0.05, 0.1) is 12.1 Å². The summed E-state index contributed by atoms with van der Waals surface area (Å²) in [5.74, 6) is -0.754. The van der Waals surface area contributed by atoms with Crippen molar-refractivity contribution in [3.05, 3.63) is 18.0 Å². The summed E-state index contributed by atoms with van der Waals surface area (Å²) in [6, 6.07) is 2.73. The fourth-order valence-corrected chi connectivity index (χ4v) is 1.86. The second kappa shape index (κ2) is 7.28. The third kappa shape index (κ3) is 5.03. The van der Waals surface area contributed by atoms with Crippen molar-refractivity contribution in [2.24, 2.45) is 0 Å². The zero-order chi connectivity index (χ0) is 14.4. The van der Waals surface area contributed by atoms with Gasteiger partial charge in [-0.1, -0.05) is 6.92 Å². The molecule has 1 rings (SSSR count). The highest BCUT2D eigenvalue weighted by Crippen LogP contribution is 2.12. The lowest BCUT2D eigenvalue weighted by Crippen LogP contribution is -2.32. The molecular formula is C14H25N3O2. The summed E-state index contributed by atoms with van der Waals surface area (Å²) in [5.41, 5.74) is 0.999. The van der Waals surface area contributed by atoms with Crippen molar-refractivity contribution in [2.45, 2.75) is 59.2 Å². The van der Waals surface area contributed by atoms with E-state index in [2.05, 4.69) is 37.7 Å². The predicted octanol–water partition coefficient (Wildman–Crippen LogP) is 2.54. The summed E-state index contributed by atoms with van der Waals surface area (Å²) < 4.78 is 1.98. The maximum atomic E-state index is 10.7. The van der Waals surface area contributed by atoms with E-state index >= 15 is 0 Å². The Balaban J connectivity index is 2.63. The number of hydrogen-bond acceptors (Lipinski definition) is 3. The fraction of sp³-hybridized carbons (Fsp3) is 0.714. The highest BCUT2D eigenvalue weighted by Gasteiger charge is 2.14. The molecule has 0 radical (unpaired) electrons. The van der Waals surface area contributed by atoms with Crippen molar-refractivity contribution in [1.82, 2.24) is 14.7 Å². The molecule has 0 spiro atoms. The minimum Gasteiger partial charge on any atom is -0.481 e. The van der Waals surface area contributed by atoms with Crippen molar-refractivity contribution >= 4 is 5.97 Å². The molecule has 108 valence electrons. The van der Waals surface area contributed by atoms with Gasteiger partial charge in [0.25, 0.3) is 0 Å². The van der Waals surface area contributed by atoms with Crippen molar-refractivity contribution in [2.75, 3.05) is 6.54 Å². The van der Waals surface area contributed by atoms with Crippen LogP contribution in [0.25, 0.3) is 0 Å². The van der Waals surface area contributed by atoms with Crippen LogP contribution in [0.2, 0.25) is 0 Å². The van der Waals surface area contributed by atoms with Gasteiger partial charge in [0.2, 0.25) is 0 Å². The van der Waals surface area contributed by atoms with Crippen molar-refractivity contribution in [3.8, 4) is 0 Å². The Morgan fingerprint density at radius 2 is 2.16 bits per heavy atom. The molecule has 0 aliphatic carbocycles. The molecule has 5 heteroatoms. The average Bonchev–Trinajstić information content (AvgIpc) is 2.81. The van der Waals surface area contributed by atoms with Gasteiger partial charge < -0.3 is 5.11 Å². The van der Waals surface area contributed by atoms with E-state index in [1.54, 1.807) is 0 Å². The first-order valence-electron chi connectivity index (χ1n) is 6.93. The van der Waals surface area contributed by atoms with Crippen LogP contribution in [-0.4, -0.2) is 38.3 Å². The van der Waals surface area contributed by atoms with Crippen LogP contribution in [0.3, 0.4) is 0 Å². The topological polar surface area (TPSA) is 58.4 Å². The molecule has 0 amide bonds. The van der Waals surface area contributed by atoms with Crippen LogP contribution >= 0.6 is 0 Å². The lowest BCUT2D eigenvalue weighted by Gasteiger charge is -2.24. The molecule has 1 aromatic rings. The lowest BCUT2D eigenvalue weighted by atomic mass is 10.2. The Morgan fingerprint density at radius 3 is 2.68 bits per heavy atom. The van der Waals surface area contributed by atoms with Crippen LogP contribution in [-0.2, 0) is 11.3 Å². The van der Waals surface area contributed by atoms with Crippen LogP contribution in [0.1, 0.15) is 52.3 Å². The molecular weight excluding hydrogens is 242 g/mol. The Labute approximate surface area is 115 Å². The minimum absolute atomic E-state index is 0.171. The number of rotatable bonds is 8. The molecule has 1 aromatic heterocycles. The average molecular weight is 267 g/mol. The van der Waals surface area contributed by atoms with Crippen LogP contribution < -0.4 is 0 Å². The van der Waals surface area contributed by atoms with E-state index in [0.717, 1.165) is 12.1 Å². The van der Waals surface area contributed by atoms with Crippen molar-refractivity contribution in [1.29, 1.82) is 0 Å².